The molecule has 0 aromatic heterocycles. The summed E-state index contributed by atoms with van der Waals surface area (Å²) in [5.74, 6) is 0. The van der Waals surface area contributed by atoms with Crippen molar-refractivity contribution >= 4 is 0 Å². The zero-order valence-electron chi connectivity index (χ0n) is 9.59. The van der Waals surface area contributed by atoms with Crippen LogP contribution in [0.3, 0.4) is 0 Å². The summed E-state index contributed by atoms with van der Waals surface area (Å²) in [6.07, 6.45) is 9.00. The molecule has 0 atom stereocenters. The van der Waals surface area contributed by atoms with Gasteiger partial charge in [0.15, 0.2) is 0 Å². The van der Waals surface area contributed by atoms with Crippen LogP contribution >= 0.6 is 0 Å². The third-order valence-electron chi connectivity index (χ3n) is 2.08. The van der Waals surface area contributed by atoms with Gasteiger partial charge >= 0.3 is 0 Å². The summed E-state index contributed by atoms with van der Waals surface area (Å²) in [7, 11) is 2.05. The molecule has 0 fully saturated rings. The van der Waals surface area contributed by atoms with Crippen LogP contribution in [0.2, 0.25) is 0 Å². The van der Waals surface area contributed by atoms with E-state index in [0.29, 0.717) is 0 Å². The van der Waals surface area contributed by atoms with Crippen molar-refractivity contribution in [1.82, 2.24) is 4.90 Å². The summed E-state index contributed by atoms with van der Waals surface area (Å²) in [4.78, 5) is 2.12. The lowest BCUT2D eigenvalue weighted by Gasteiger charge is -2.09. The fourth-order valence-electron chi connectivity index (χ4n) is 0.832. The van der Waals surface area contributed by atoms with Crippen LogP contribution in [0.25, 0.3) is 0 Å². The highest BCUT2D eigenvalue weighted by molar-refractivity contribution is 5.35. The lowest BCUT2D eigenvalue weighted by Crippen LogP contribution is -2.08. The molecule has 78 valence electrons. The van der Waals surface area contributed by atoms with Crippen molar-refractivity contribution in [1.29, 1.82) is 0 Å². The van der Waals surface area contributed by atoms with E-state index < -0.39 is 0 Å². The van der Waals surface area contributed by atoms with Gasteiger partial charge in [-0.2, -0.15) is 0 Å². The largest absolute Gasteiger partial charge is 0.381 e. The average Bonchev–Trinajstić information content (AvgIpc) is 2.22. The first-order chi connectivity index (χ1) is 6.63. The number of nitrogens with zero attached hydrogens (tertiary/aromatic N) is 1. The van der Waals surface area contributed by atoms with E-state index in [4.69, 9.17) is 0 Å². The van der Waals surface area contributed by atoms with Crippen molar-refractivity contribution in [2.75, 3.05) is 13.6 Å². The molecule has 0 unspecified atom stereocenters. The van der Waals surface area contributed by atoms with Gasteiger partial charge in [0, 0.05) is 13.6 Å². The molecule has 0 bridgehead atoms. The molecule has 0 aliphatic rings. The normalized spacial score (nSPS) is 11.8. The Bertz CT molecular complexity index is 246. The van der Waals surface area contributed by atoms with E-state index in [-0.39, 0.29) is 0 Å². The van der Waals surface area contributed by atoms with E-state index in [1.807, 2.05) is 13.1 Å². The number of allylic oxidation sites excluding steroid dienone is 5. The quantitative estimate of drug-likeness (QED) is 0.580. The van der Waals surface area contributed by atoms with Crippen molar-refractivity contribution in [2.24, 2.45) is 0 Å². The number of hydrogen-bond acceptors (Lipinski definition) is 1. The van der Waals surface area contributed by atoms with Crippen LogP contribution in [0.15, 0.2) is 48.7 Å². The van der Waals surface area contributed by atoms with Gasteiger partial charge in [-0.1, -0.05) is 37.8 Å². The summed E-state index contributed by atoms with van der Waals surface area (Å²) in [5, 5.41) is 0. The molecule has 1 nitrogen and oxygen atoms in total. The van der Waals surface area contributed by atoms with Crippen molar-refractivity contribution in [3.8, 4) is 0 Å². The Kier molecular flexibility index (Phi) is 6.55. The van der Waals surface area contributed by atoms with Crippen LogP contribution in [0.4, 0.5) is 0 Å². The highest BCUT2D eigenvalue weighted by Gasteiger charge is 1.89. The minimum Gasteiger partial charge on any atom is -0.381 e. The molecule has 0 spiro atoms. The fourth-order valence-corrected chi connectivity index (χ4v) is 0.832. The SMILES string of the molecule is C=CC(/C=C\N(C)CC)=C/C(=C)CC. The molecule has 0 amide bonds. The molecule has 0 saturated heterocycles. The number of rotatable bonds is 6. The Morgan fingerprint density at radius 3 is 2.43 bits per heavy atom. The summed E-state index contributed by atoms with van der Waals surface area (Å²) in [6, 6.07) is 0. The maximum atomic E-state index is 3.94. The molecular weight excluding hydrogens is 170 g/mol. The lowest BCUT2D eigenvalue weighted by atomic mass is 10.1. The second-order valence-corrected chi connectivity index (χ2v) is 3.25. The fraction of sp³-hybridized carbons (Fsp3) is 0.385. The van der Waals surface area contributed by atoms with Crippen LogP contribution in [0.5, 0.6) is 0 Å². The third-order valence-corrected chi connectivity index (χ3v) is 2.08. The predicted octanol–water partition coefficient (Wildman–Crippen LogP) is 3.53. The van der Waals surface area contributed by atoms with Crippen LogP contribution in [-0.4, -0.2) is 18.5 Å². The topological polar surface area (TPSA) is 3.24 Å². The molecule has 0 N–H and O–H groups in total. The zero-order valence-corrected chi connectivity index (χ0v) is 9.59. The van der Waals surface area contributed by atoms with Gasteiger partial charge in [-0.15, -0.1) is 0 Å². The molecule has 0 aliphatic heterocycles. The maximum absolute atomic E-state index is 3.94. The number of hydrogen-bond donors (Lipinski definition) is 0. The minimum atomic E-state index is 0.981. The lowest BCUT2D eigenvalue weighted by molar-refractivity contribution is 0.484. The summed E-state index contributed by atoms with van der Waals surface area (Å²) in [6.45, 7) is 12.9. The van der Waals surface area contributed by atoms with Crippen molar-refractivity contribution in [2.45, 2.75) is 20.3 Å². The molecule has 0 radical (unpaired) electrons. The van der Waals surface area contributed by atoms with E-state index in [1.54, 1.807) is 0 Å². The Morgan fingerprint density at radius 2 is 2.00 bits per heavy atom. The Hall–Kier alpha value is -1.24. The van der Waals surface area contributed by atoms with Gasteiger partial charge in [0.25, 0.3) is 0 Å². The summed E-state index contributed by atoms with van der Waals surface area (Å²) < 4.78 is 0. The van der Waals surface area contributed by atoms with Gasteiger partial charge in [-0.05, 0) is 31.2 Å². The molecule has 0 saturated carbocycles. The second-order valence-electron chi connectivity index (χ2n) is 3.25. The van der Waals surface area contributed by atoms with E-state index in [0.717, 1.165) is 24.1 Å². The Labute approximate surface area is 88.1 Å². The van der Waals surface area contributed by atoms with E-state index in [1.165, 1.54) is 0 Å². The van der Waals surface area contributed by atoms with Gasteiger partial charge in [-0.3, -0.25) is 0 Å². The van der Waals surface area contributed by atoms with Crippen LogP contribution in [0, 0.1) is 0 Å². The average molecular weight is 191 g/mol. The van der Waals surface area contributed by atoms with Gasteiger partial charge in [0.05, 0.1) is 0 Å². The molecule has 0 aromatic rings. The van der Waals surface area contributed by atoms with Crippen LogP contribution < -0.4 is 0 Å². The molecule has 0 heterocycles. The monoisotopic (exact) mass is 191 g/mol. The van der Waals surface area contributed by atoms with E-state index in [2.05, 4.69) is 50.3 Å². The van der Waals surface area contributed by atoms with Gasteiger partial charge in [0.1, 0.15) is 0 Å². The van der Waals surface area contributed by atoms with Crippen molar-refractivity contribution in [3.05, 3.63) is 48.7 Å². The first-order valence-electron chi connectivity index (χ1n) is 5.04. The molecular formula is C13H21N. The van der Waals surface area contributed by atoms with Gasteiger partial charge in [0.2, 0.25) is 0 Å². The summed E-state index contributed by atoms with van der Waals surface area (Å²) in [5.41, 5.74) is 2.24. The first-order valence-corrected chi connectivity index (χ1v) is 5.04. The predicted molar refractivity (Wildman–Crippen MR) is 65.2 cm³/mol. The smallest absolute Gasteiger partial charge is 0.0140 e. The van der Waals surface area contributed by atoms with Crippen LogP contribution in [-0.2, 0) is 0 Å². The molecule has 0 aliphatic carbocycles. The molecule has 0 aromatic carbocycles. The minimum absolute atomic E-state index is 0.981. The molecule has 0 rings (SSSR count). The zero-order chi connectivity index (χ0) is 11.0. The van der Waals surface area contributed by atoms with E-state index >= 15 is 0 Å². The first kappa shape index (κ1) is 12.8. The van der Waals surface area contributed by atoms with Crippen LogP contribution in [0.1, 0.15) is 20.3 Å². The standard InChI is InChI=1S/C13H21N/c1-6-12(4)11-13(7-2)9-10-14(5)8-3/h7,9-11H,2,4,6,8H2,1,3,5H3/b10-9-,13-11-. The second kappa shape index (κ2) is 7.19. The van der Waals surface area contributed by atoms with Gasteiger partial charge < -0.3 is 4.90 Å². The summed E-state index contributed by atoms with van der Waals surface area (Å²) >= 11 is 0. The highest BCUT2D eigenvalue weighted by atomic mass is 15.1. The van der Waals surface area contributed by atoms with Gasteiger partial charge in [-0.25, -0.2) is 0 Å². The van der Waals surface area contributed by atoms with E-state index in [9.17, 15) is 0 Å². The third kappa shape index (κ3) is 5.41. The van der Waals surface area contributed by atoms with Crippen molar-refractivity contribution < 1.29 is 0 Å². The Morgan fingerprint density at radius 1 is 1.36 bits per heavy atom. The molecule has 14 heavy (non-hydrogen) atoms. The Balaban J connectivity index is 4.43. The maximum Gasteiger partial charge on any atom is 0.0140 e. The van der Waals surface area contributed by atoms with Crippen molar-refractivity contribution in [3.63, 3.8) is 0 Å². The highest BCUT2D eigenvalue weighted by Crippen LogP contribution is 2.06. The molecule has 1 heteroatoms.